The number of para-hydroxylation sites is 1. The number of aromatic hydroxyl groups is 1. The van der Waals surface area contributed by atoms with E-state index in [-0.39, 0.29) is 34.4 Å². The predicted molar refractivity (Wildman–Crippen MR) is 122 cm³/mol. The second-order valence-electron chi connectivity index (χ2n) is 7.55. The van der Waals surface area contributed by atoms with Gasteiger partial charge in [-0.1, -0.05) is 13.0 Å². The molecule has 0 aliphatic heterocycles. The molecule has 0 spiro atoms. The predicted octanol–water partition coefficient (Wildman–Crippen LogP) is 2.39. The SMILES string of the molecule is CCC(Nc1c(Nc2cccc(C(=O)N(C)C)c2O)c(=O)n(C)n(C)c1=O)c1ccco1. The number of nitrogens with zero attached hydrogens (tertiary/aromatic N) is 3. The Labute approximate surface area is 184 Å². The molecule has 0 fully saturated rings. The zero-order valence-electron chi connectivity index (χ0n) is 18.7. The van der Waals surface area contributed by atoms with Crippen LogP contribution in [0.5, 0.6) is 5.75 Å². The summed E-state index contributed by atoms with van der Waals surface area (Å²) in [6.07, 6.45) is 2.12. The van der Waals surface area contributed by atoms with Crippen molar-refractivity contribution in [1.29, 1.82) is 0 Å². The number of furan rings is 1. The van der Waals surface area contributed by atoms with Gasteiger partial charge in [0.25, 0.3) is 17.0 Å². The number of amides is 1. The van der Waals surface area contributed by atoms with Crippen molar-refractivity contribution in [2.45, 2.75) is 19.4 Å². The van der Waals surface area contributed by atoms with Crippen LogP contribution in [-0.4, -0.2) is 39.4 Å². The average Bonchev–Trinajstić information content (AvgIpc) is 3.31. The maximum absolute atomic E-state index is 13.1. The molecular weight excluding hydrogens is 414 g/mol. The van der Waals surface area contributed by atoms with E-state index in [2.05, 4.69) is 10.6 Å². The van der Waals surface area contributed by atoms with Gasteiger partial charge in [-0.25, -0.2) is 9.36 Å². The lowest BCUT2D eigenvalue weighted by molar-refractivity contribution is 0.0824. The fourth-order valence-corrected chi connectivity index (χ4v) is 3.29. The van der Waals surface area contributed by atoms with Crippen LogP contribution in [0.4, 0.5) is 17.1 Å². The summed E-state index contributed by atoms with van der Waals surface area (Å²) >= 11 is 0. The van der Waals surface area contributed by atoms with Crippen molar-refractivity contribution < 1.29 is 14.3 Å². The molecule has 1 aromatic carbocycles. The molecule has 0 aliphatic carbocycles. The molecule has 0 saturated carbocycles. The van der Waals surface area contributed by atoms with Gasteiger partial charge in [-0.3, -0.25) is 14.4 Å². The Bertz CT molecular complexity index is 1240. The summed E-state index contributed by atoms with van der Waals surface area (Å²) in [5.74, 6) is -0.106. The topological polar surface area (TPSA) is 122 Å². The summed E-state index contributed by atoms with van der Waals surface area (Å²) < 4.78 is 7.82. The Morgan fingerprint density at radius 2 is 1.75 bits per heavy atom. The molecule has 0 saturated heterocycles. The van der Waals surface area contributed by atoms with Gasteiger partial charge in [0.1, 0.15) is 17.1 Å². The van der Waals surface area contributed by atoms with Gasteiger partial charge in [0.05, 0.1) is 23.6 Å². The fraction of sp³-hybridized carbons (Fsp3) is 0.318. The highest BCUT2D eigenvalue weighted by atomic mass is 16.3. The van der Waals surface area contributed by atoms with E-state index in [0.29, 0.717) is 12.2 Å². The number of rotatable bonds is 7. The molecule has 1 amide bonds. The first kappa shape index (κ1) is 22.7. The highest BCUT2D eigenvalue weighted by Crippen LogP contribution is 2.32. The number of hydrogen-bond acceptors (Lipinski definition) is 7. The third kappa shape index (κ3) is 4.11. The van der Waals surface area contributed by atoms with E-state index in [9.17, 15) is 19.5 Å². The van der Waals surface area contributed by atoms with Gasteiger partial charge in [0.2, 0.25) is 0 Å². The Kier molecular flexibility index (Phi) is 6.42. The van der Waals surface area contributed by atoms with Crippen molar-refractivity contribution in [1.82, 2.24) is 14.3 Å². The first-order chi connectivity index (χ1) is 15.2. The fourth-order valence-electron chi connectivity index (χ4n) is 3.29. The summed E-state index contributed by atoms with van der Waals surface area (Å²) in [7, 11) is 6.09. The van der Waals surface area contributed by atoms with E-state index in [1.165, 1.54) is 42.1 Å². The first-order valence-corrected chi connectivity index (χ1v) is 10.1. The lowest BCUT2D eigenvalue weighted by Crippen LogP contribution is -2.38. The number of phenolic OH excluding ortho intramolecular Hbond substituents is 1. The Morgan fingerprint density at radius 1 is 1.09 bits per heavy atom. The molecule has 3 N–H and O–H groups in total. The molecule has 0 bridgehead atoms. The average molecular weight is 441 g/mol. The minimum absolute atomic E-state index is 0.0302. The summed E-state index contributed by atoms with van der Waals surface area (Å²) in [6, 6.07) is 7.74. The molecule has 3 rings (SSSR count). The molecule has 0 radical (unpaired) electrons. The lowest BCUT2D eigenvalue weighted by Gasteiger charge is -2.21. The van der Waals surface area contributed by atoms with E-state index in [0.717, 1.165) is 4.68 Å². The van der Waals surface area contributed by atoms with E-state index >= 15 is 0 Å². The third-order valence-electron chi connectivity index (χ3n) is 5.26. The van der Waals surface area contributed by atoms with Crippen molar-refractivity contribution in [3.05, 3.63) is 68.6 Å². The smallest absolute Gasteiger partial charge is 0.290 e. The zero-order valence-corrected chi connectivity index (χ0v) is 18.7. The van der Waals surface area contributed by atoms with Crippen LogP contribution in [0.25, 0.3) is 0 Å². The van der Waals surface area contributed by atoms with Crippen molar-refractivity contribution >= 4 is 23.0 Å². The molecule has 1 atom stereocenters. The standard InChI is InChI=1S/C22H27N5O5/c1-6-14(16-11-8-12-32-16)23-17-18(22(31)27(5)26(4)21(17)30)24-15-10-7-9-13(19(15)28)20(29)25(2)3/h7-12,14,23-24,28H,6H2,1-5H3. The lowest BCUT2D eigenvalue weighted by atomic mass is 10.1. The van der Waals surface area contributed by atoms with Crippen molar-refractivity contribution in [2.75, 3.05) is 24.7 Å². The van der Waals surface area contributed by atoms with Gasteiger partial charge in [-0.15, -0.1) is 0 Å². The number of nitrogens with one attached hydrogen (secondary N) is 2. The van der Waals surface area contributed by atoms with Crippen LogP contribution in [0.15, 0.2) is 50.6 Å². The molecular formula is C22H27N5O5. The summed E-state index contributed by atoms with van der Waals surface area (Å²) in [4.78, 5) is 39.9. The summed E-state index contributed by atoms with van der Waals surface area (Å²) in [5.41, 5.74) is -0.769. The minimum Gasteiger partial charge on any atom is -0.505 e. The molecule has 0 aliphatic rings. The molecule has 1 unspecified atom stereocenters. The van der Waals surface area contributed by atoms with Crippen LogP contribution in [0.1, 0.15) is 35.5 Å². The van der Waals surface area contributed by atoms with Crippen LogP contribution < -0.4 is 21.8 Å². The van der Waals surface area contributed by atoms with Crippen molar-refractivity contribution in [2.24, 2.45) is 14.1 Å². The third-order valence-corrected chi connectivity index (χ3v) is 5.26. The van der Waals surface area contributed by atoms with Gasteiger partial charge in [0.15, 0.2) is 5.75 Å². The van der Waals surface area contributed by atoms with Crippen molar-refractivity contribution in [3.63, 3.8) is 0 Å². The van der Waals surface area contributed by atoms with Crippen LogP contribution >= 0.6 is 0 Å². The Morgan fingerprint density at radius 3 is 2.31 bits per heavy atom. The summed E-state index contributed by atoms with van der Waals surface area (Å²) in [5, 5.41) is 16.7. The molecule has 170 valence electrons. The zero-order chi connectivity index (χ0) is 23.6. The highest BCUT2D eigenvalue weighted by Gasteiger charge is 2.23. The summed E-state index contributed by atoms with van der Waals surface area (Å²) in [6.45, 7) is 1.92. The van der Waals surface area contributed by atoms with Crippen LogP contribution in [0.3, 0.4) is 0 Å². The van der Waals surface area contributed by atoms with Gasteiger partial charge in [-0.2, -0.15) is 0 Å². The van der Waals surface area contributed by atoms with Gasteiger partial charge >= 0.3 is 0 Å². The van der Waals surface area contributed by atoms with Crippen LogP contribution in [-0.2, 0) is 14.1 Å². The molecule has 2 aromatic heterocycles. The molecule has 10 nitrogen and oxygen atoms in total. The van der Waals surface area contributed by atoms with Crippen molar-refractivity contribution in [3.8, 4) is 5.75 Å². The molecule has 2 heterocycles. The largest absolute Gasteiger partial charge is 0.505 e. The van der Waals surface area contributed by atoms with E-state index in [4.69, 9.17) is 4.42 Å². The Balaban J connectivity index is 2.13. The number of carbonyl (C=O) groups is 1. The number of aromatic nitrogens is 2. The molecule has 32 heavy (non-hydrogen) atoms. The second kappa shape index (κ2) is 9.04. The van der Waals surface area contributed by atoms with E-state index in [1.807, 2.05) is 6.92 Å². The second-order valence-corrected chi connectivity index (χ2v) is 7.55. The number of benzene rings is 1. The quantitative estimate of drug-likeness (QED) is 0.481. The normalized spacial score (nSPS) is 11.8. The molecule has 10 heteroatoms. The maximum Gasteiger partial charge on any atom is 0.290 e. The highest BCUT2D eigenvalue weighted by molar-refractivity contribution is 5.98. The van der Waals surface area contributed by atoms with E-state index in [1.54, 1.807) is 32.3 Å². The number of phenols is 1. The number of carbonyl (C=O) groups excluding carboxylic acids is 1. The van der Waals surface area contributed by atoms with Gasteiger partial charge < -0.3 is 25.1 Å². The minimum atomic E-state index is -0.493. The first-order valence-electron chi connectivity index (χ1n) is 10.1. The van der Waals surface area contributed by atoms with Crippen LogP contribution in [0.2, 0.25) is 0 Å². The monoisotopic (exact) mass is 441 g/mol. The maximum atomic E-state index is 13.1. The van der Waals surface area contributed by atoms with E-state index < -0.39 is 17.0 Å². The van der Waals surface area contributed by atoms with Crippen LogP contribution in [0, 0.1) is 0 Å². The number of anilines is 3. The number of hydrogen-bond donors (Lipinski definition) is 3. The van der Waals surface area contributed by atoms with Gasteiger partial charge in [-0.05, 0) is 30.7 Å². The molecule has 3 aromatic rings. The Hall–Kier alpha value is -3.95. The van der Waals surface area contributed by atoms with Gasteiger partial charge in [0, 0.05) is 28.2 Å².